The number of esters is 1. The second-order valence-electron chi connectivity index (χ2n) is 10.7. The van der Waals surface area contributed by atoms with E-state index in [0.29, 0.717) is 55.2 Å². The van der Waals surface area contributed by atoms with Crippen molar-refractivity contribution in [1.82, 2.24) is 9.80 Å². The summed E-state index contributed by atoms with van der Waals surface area (Å²) in [7, 11) is 1.30. The zero-order chi connectivity index (χ0) is 30.3. The molecule has 224 valence electrons. The van der Waals surface area contributed by atoms with Gasteiger partial charge in [0.15, 0.2) is 0 Å². The first-order chi connectivity index (χ1) is 20.9. The van der Waals surface area contributed by atoms with Gasteiger partial charge in [-0.05, 0) is 60.9 Å². The molecule has 2 aliphatic heterocycles. The third-order valence-corrected chi connectivity index (χ3v) is 7.78. The Balaban J connectivity index is 1.40. The van der Waals surface area contributed by atoms with Crippen molar-refractivity contribution in [3.63, 3.8) is 0 Å². The van der Waals surface area contributed by atoms with Gasteiger partial charge < -0.3 is 24.2 Å². The molecule has 0 bridgehead atoms. The van der Waals surface area contributed by atoms with Crippen molar-refractivity contribution in [2.75, 3.05) is 46.5 Å². The Morgan fingerprint density at radius 3 is 2.33 bits per heavy atom. The number of aliphatic hydroxyl groups is 1. The minimum absolute atomic E-state index is 0.00983. The van der Waals surface area contributed by atoms with Crippen molar-refractivity contribution in [1.29, 1.82) is 0 Å². The molecule has 0 radical (unpaired) electrons. The molecule has 5 rings (SSSR count). The lowest BCUT2D eigenvalue weighted by Crippen LogP contribution is -2.39. The van der Waals surface area contributed by atoms with Crippen LogP contribution in [-0.4, -0.2) is 79.1 Å². The van der Waals surface area contributed by atoms with E-state index in [4.69, 9.17) is 14.2 Å². The summed E-state index contributed by atoms with van der Waals surface area (Å²) in [5.74, 6) is -1.55. The van der Waals surface area contributed by atoms with Crippen molar-refractivity contribution in [3.05, 3.63) is 106 Å². The molecule has 0 spiro atoms. The van der Waals surface area contributed by atoms with Crippen molar-refractivity contribution in [3.8, 4) is 5.75 Å². The van der Waals surface area contributed by atoms with Crippen molar-refractivity contribution >= 4 is 23.4 Å². The van der Waals surface area contributed by atoms with Gasteiger partial charge in [-0.25, -0.2) is 4.79 Å². The number of carbonyl (C=O) groups is 3. The molecule has 2 aliphatic rings. The van der Waals surface area contributed by atoms with E-state index >= 15 is 0 Å². The molecule has 2 saturated heterocycles. The average molecular weight is 585 g/mol. The van der Waals surface area contributed by atoms with E-state index in [0.717, 1.165) is 30.8 Å². The van der Waals surface area contributed by atoms with Gasteiger partial charge in [-0.15, -0.1) is 0 Å². The molecule has 0 saturated carbocycles. The van der Waals surface area contributed by atoms with E-state index in [1.165, 1.54) is 12.0 Å². The molecule has 1 amide bonds. The van der Waals surface area contributed by atoms with Crippen LogP contribution in [-0.2, 0) is 25.7 Å². The number of hydrogen-bond acceptors (Lipinski definition) is 8. The Morgan fingerprint density at radius 2 is 1.65 bits per heavy atom. The molecule has 0 aromatic heterocycles. The first kappa shape index (κ1) is 30.0. The van der Waals surface area contributed by atoms with Crippen LogP contribution in [0.15, 0.2) is 78.4 Å². The van der Waals surface area contributed by atoms with E-state index in [2.05, 4.69) is 11.0 Å². The van der Waals surface area contributed by atoms with Gasteiger partial charge in [-0.2, -0.15) is 0 Å². The molecular formula is C34H36N2O7. The van der Waals surface area contributed by atoms with Crippen LogP contribution in [0.3, 0.4) is 0 Å². The van der Waals surface area contributed by atoms with Crippen LogP contribution in [0.1, 0.15) is 45.1 Å². The third-order valence-electron chi connectivity index (χ3n) is 7.78. The Bertz CT molecular complexity index is 1490. The van der Waals surface area contributed by atoms with E-state index in [1.54, 1.807) is 48.5 Å². The monoisotopic (exact) mass is 584 g/mol. The minimum Gasteiger partial charge on any atom is -0.507 e. The summed E-state index contributed by atoms with van der Waals surface area (Å²) in [4.78, 5) is 42.6. The normalized spacial score (nSPS) is 18.6. The fraction of sp³-hybridized carbons (Fsp3) is 0.324. The number of methoxy groups -OCH3 is 1. The van der Waals surface area contributed by atoms with Crippen LogP contribution in [0.4, 0.5) is 0 Å². The Hall–Kier alpha value is -4.47. The summed E-state index contributed by atoms with van der Waals surface area (Å²) >= 11 is 0. The third kappa shape index (κ3) is 6.96. The van der Waals surface area contributed by atoms with Gasteiger partial charge >= 0.3 is 5.97 Å². The Kier molecular flexibility index (Phi) is 9.54. The largest absolute Gasteiger partial charge is 0.507 e. The number of benzene rings is 3. The van der Waals surface area contributed by atoms with Gasteiger partial charge in [0, 0.05) is 31.7 Å². The number of nitrogens with zero attached hydrogens (tertiary/aromatic N) is 2. The fourth-order valence-corrected chi connectivity index (χ4v) is 5.50. The number of morpholine rings is 1. The highest BCUT2D eigenvalue weighted by molar-refractivity contribution is 6.46. The van der Waals surface area contributed by atoms with Crippen LogP contribution in [0.5, 0.6) is 5.75 Å². The molecule has 1 N–H and O–H groups in total. The summed E-state index contributed by atoms with van der Waals surface area (Å²) in [5, 5.41) is 11.4. The topological polar surface area (TPSA) is 106 Å². The smallest absolute Gasteiger partial charge is 0.337 e. The predicted molar refractivity (Wildman–Crippen MR) is 161 cm³/mol. The lowest BCUT2D eigenvalue weighted by atomic mass is 9.94. The Labute approximate surface area is 251 Å². The quantitative estimate of drug-likeness (QED) is 0.161. The minimum atomic E-state index is -0.811. The summed E-state index contributed by atoms with van der Waals surface area (Å²) in [6.45, 7) is 6.49. The first-order valence-corrected chi connectivity index (χ1v) is 14.4. The molecule has 2 heterocycles. The Morgan fingerprint density at radius 1 is 0.953 bits per heavy atom. The maximum Gasteiger partial charge on any atom is 0.337 e. The SMILES string of the molecule is COC(=O)c1ccc(C2C(=C(O)c3ccc(OCc4cccc(C)c4)cc3)C(=O)C(=O)N2CCCN2CCOCC2)cc1. The summed E-state index contributed by atoms with van der Waals surface area (Å²) in [5.41, 5.74) is 3.54. The van der Waals surface area contributed by atoms with Crippen molar-refractivity contribution in [2.45, 2.75) is 26.0 Å². The van der Waals surface area contributed by atoms with E-state index < -0.39 is 23.7 Å². The number of ketones is 1. The molecule has 3 aromatic carbocycles. The number of rotatable bonds is 10. The number of Topliss-reactive ketones (excluding diaryl/α,β-unsaturated/α-hetero) is 1. The number of ether oxygens (including phenoxy) is 3. The van der Waals surface area contributed by atoms with Crippen molar-refractivity contribution < 1.29 is 33.7 Å². The van der Waals surface area contributed by atoms with Gasteiger partial charge in [0.2, 0.25) is 0 Å². The van der Waals surface area contributed by atoms with Crippen molar-refractivity contribution in [2.24, 2.45) is 0 Å². The molecule has 1 atom stereocenters. The average Bonchev–Trinajstić information content (AvgIpc) is 3.29. The van der Waals surface area contributed by atoms with E-state index in [1.807, 2.05) is 25.1 Å². The lowest BCUT2D eigenvalue weighted by Gasteiger charge is -2.29. The van der Waals surface area contributed by atoms with Gasteiger partial charge in [0.25, 0.3) is 11.7 Å². The highest BCUT2D eigenvalue weighted by Crippen LogP contribution is 2.39. The first-order valence-electron chi connectivity index (χ1n) is 14.4. The maximum absolute atomic E-state index is 13.4. The lowest BCUT2D eigenvalue weighted by molar-refractivity contribution is -0.140. The fourth-order valence-electron chi connectivity index (χ4n) is 5.50. The molecule has 1 unspecified atom stereocenters. The van der Waals surface area contributed by atoms with E-state index in [9.17, 15) is 19.5 Å². The maximum atomic E-state index is 13.4. The van der Waals surface area contributed by atoms with Crippen LogP contribution in [0.2, 0.25) is 0 Å². The van der Waals surface area contributed by atoms with Crippen LogP contribution >= 0.6 is 0 Å². The molecule has 2 fully saturated rings. The van der Waals surface area contributed by atoms with E-state index in [-0.39, 0.29) is 11.3 Å². The highest BCUT2D eigenvalue weighted by Gasteiger charge is 2.45. The van der Waals surface area contributed by atoms with Crippen LogP contribution in [0.25, 0.3) is 5.76 Å². The molecule has 0 aliphatic carbocycles. The van der Waals surface area contributed by atoms with Gasteiger partial charge in [-0.1, -0.05) is 42.0 Å². The molecule has 43 heavy (non-hydrogen) atoms. The van der Waals surface area contributed by atoms with Gasteiger partial charge in [0.1, 0.15) is 18.1 Å². The number of aryl methyl sites for hydroxylation is 1. The second kappa shape index (κ2) is 13.7. The summed E-state index contributed by atoms with van der Waals surface area (Å²) in [6, 6.07) is 20.6. The molecule has 9 nitrogen and oxygen atoms in total. The summed E-state index contributed by atoms with van der Waals surface area (Å²) in [6.07, 6.45) is 0.650. The summed E-state index contributed by atoms with van der Waals surface area (Å²) < 4.78 is 16.1. The number of amides is 1. The predicted octanol–water partition coefficient (Wildman–Crippen LogP) is 4.50. The zero-order valence-electron chi connectivity index (χ0n) is 24.5. The number of likely N-dealkylation sites (tertiary alicyclic amines) is 1. The second-order valence-corrected chi connectivity index (χ2v) is 10.7. The number of aliphatic hydroxyl groups excluding tert-OH is 1. The van der Waals surface area contributed by atoms with Crippen LogP contribution in [0, 0.1) is 6.92 Å². The molecular weight excluding hydrogens is 548 g/mol. The van der Waals surface area contributed by atoms with Gasteiger partial charge in [-0.3, -0.25) is 14.5 Å². The standard InChI is InChI=1S/C34H36N2O7/c1-23-5-3-6-24(21-23)22-43-28-13-11-26(12-14-28)31(37)29-30(25-7-9-27(10-8-25)34(40)41-2)36(33(39)32(29)38)16-4-15-35-17-19-42-20-18-35/h3,5-14,21,30,37H,4,15-20,22H2,1-2H3. The zero-order valence-corrected chi connectivity index (χ0v) is 24.5. The highest BCUT2D eigenvalue weighted by atomic mass is 16.5. The number of carbonyl (C=O) groups excluding carboxylic acids is 3. The molecule has 3 aromatic rings. The van der Waals surface area contributed by atoms with Crippen LogP contribution < -0.4 is 4.74 Å². The van der Waals surface area contributed by atoms with Gasteiger partial charge in [0.05, 0.1) is 37.5 Å². The number of hydrogen-bond donors (Lipinski definition) is 1. The molecule has 9 heteroatoms.